The average Bonchev–Trinajstić information content (AvgIpc) is 3.12. The highest BCUT2D eigenvalue weighted by Crippen LogP contribution is 2.26. The second-order valence-corrected chi connectivity index (χ2v) is 7.39. The minimum atomic E-state index is -0.471. The number of halogens is 1. The minimum absolute atomic E-state index is 0.144. The van der Waals surface area contributed by atoms with Crippen LogP contribution in [0.5, 0.6) is 0 Å². The number of likely N-dealkylation sites (N-methyl/N-ethyl adjacent to an activating group) is 1. The Labute approximate surface area is 169 Å². The predicted octanol–water partition coefficient (Wildman–Crippen LogP) is 3.57. The largest absolute Gasteiger partial charge is 0.357 e. The number of nitrogens with one attached hydrogen (secondary N) is 1. The average molecular weight is 393 g/mol. The van der Waals surface area contributed by atoms with Crippen molar-refractivity contribution in [1.82, 2.24) is 14.8 Å². The summed E-state index contributed by atoms with van der Waals surface area (Å²) in [4.78, 5) is 27.5. The van der Waals surface area contributed by atoms with Gasteiger partial charge in [-0.1, -0.05) is 36.4 Å². The van der Waals surface area contributed by atoms with E-state index in [2.05, 4.69) is 5.32 Å². The standard InChI is InChI=1S/C23H24FN3O2/c1-25-22(28)20-12-6-7-13-26(20)23(29)21-14-16-8-3-5-11-19(16)27(21)15-17-9-2-4-10-18(17)24/h2-5,8-11,14,20H,6-7,12-13,15H2,1H3,(H,25,28). The summed E-state index contributed by atoms with van der Waals surface area (Å²) in [6, 6.07) is 15.7. The van der Waals surface area contributed by atoms with Gasteiger partial charge in [-0.2, -0.15) is 0 Å². The van der Waals surface area contributed by atoms with E-state index in [-0.39, 0.29) is 24.2 Å². The lowest BCUT2D eigenvalue weighted by Crippen LogP contribution is -2.51. The first kappa shape index (κ1) is 19.2. The molecule has 0 aliphatic carbocycles. The van der Waals surface area contributed by atoms with E-state index in [0.29, 0.717) is 24.2 Å². The Morgan fingerprint density at radius 2 is 1.86 bits per heavy atom. The van der Waals surface area contributed by atoms with Crippen molar-refractivity contribution in [1.29, 1.82) is 0 Å². The molecule has 1 unspecified atom stereocenters. The van der Waals surface area contributed by atoms with Crippen molar-refractivity contribution in [3.05, 3.63) is 71.7 Å². The lowest BCUT2D eigenvalue weighted by molar-refractivity contribution is -0.126. The van der Waals surface area contributed by atoms with Gasteiger partial charge in [-0.25, -0.2) is 4.39 Å². The van der Waals surface area contributed by atoms with Gasteiger partial charge in [0.2, 0.25) is 5.91 Å². The molecule has 0 bridgehead atoms. The number of amides is 2. The van der Waals surface area contributed by atoms with Crippen LogP contribution in [0.15, 0.2) is 54.6 Å². The summed E-state index contributed by atoms with van der Waals surface area (Å²) in [6.45, 7) is 0.790. The molecule has 29 heavy (non-hydrogen) atoms. The van der Waals surface area contributed by atoms with Crippen molar-refractivity contribution in [3.63, 3.8) is 0 Å². The molecule has 6 heteroatoms. The molecule has 3 aromatic rings. The van der Waals surface area contributed by atoms with Gasteiger partial charge in [0.1, 0.15) is 17.6 Å². The van der Waals surface area contributed by atoms with E-state index < -0.39 is 6.04 Å². The molecule has 1 aliphatic heterocycles. The topological polar surface area (TPSA) is 54.3 Å². The third-order valence-corrected chi connectivity index (χ3v) is 5.63. The van der Waals surface area contributed by atoms with Crippen LogP contribution < -0.4 is 5.32 Å². The third kappa shape index (κ3) is 3.62. The van der Waals surface area contributed by atoms with E-state index in [1.165, 1.54) is 6.07 Å². The van der Waals surface area contributed by atoms with Crippen LogP contribution in [0, 0.1) is 5.82 Å². The summed E-state index contributed by atoms with van der Waals surface area (Å²) < 4.78 is 16.2. The monoisotopic (exact) mass is 393 g/mol. The molecule has 2 heterocycles. The molecule has 2 amide bonds. The number of fused-ring (bicyclic) bond motifs is 1. The van der Waals surface area contributed by atoms with E-state index in [4.69, 9.17) is 0 Å². The molecular weight excluding hydrogens is 369 g/mol. The maximum atomic E-state index is 14.3. The van der Waals surface area contributed by atoms with Crippen LogP contribution in [0.1, 0.15) is 35.3 Å². The number of carbonyl (C=O) groups excluding carboxylic acids is 2. The Morgan fingerprint density at radius 3 is 2.66 bits per heavy atom. The van der Waals surface area contributed by atoms with Crippen molar-refractivity contribution in [2.24, 2.45) is 0 Å². The van der Waals surface area contributed by atoms with Gasteiger partial charge in [0.25, 0.3) is 5.91 Å². The highest BCUT2D eigenvalue weighted by molar-refractivity contribution is 6.01. The van der Waals surface area contributed by atoms with Gasteiger partial charge in [-0.15, -0.1) is 0 Å². The summed E-state index contributed by atoms with van der Waals surface area (Å²) in [6.07, 6.45) is 2.44. The van der Waals surface area contributed by atoms with Gasteiger partial charge in [-0.3, -0.25) is 9.59 Å². The Balaban J connectivity index is 1.77. The zero-order valence-corrected chi connectivity index (χ0v) is 16.4. The number of rotatable bonds is 4. The van der Waals surface area contributed by atoms with Crippen molar-refractivity contribution in [2.75, 3.05) is 13.6 Å². The molecule has 1 aliphatic rings. The van der Waals surface area contributed by atoms with E-state index in [0.717, 1.165) is 23.7 Å². The van der Waals surface area contributed by atoms with Crippen molar-refractivity contribution in [2.45, 2.75) is 31.8 Å². The number of nitrogens with zero attached hydrogens (tertiary/aromatic N) is 2. The molecule has 150 valence electrons. The number of piperidine rings is 1. The molecule has 1 N–H and O–H groups in total. The molecule has 5 nitrogen and oxygen atoms in total. The molecule has 2 aromatic carbocycles. The van der Waals surface area contributed by atoms with Crippen LogP contribution >= 0.6 is 0 Å². The van der Waals surface area contributed by atoms with E-state index >= 15 is 0 Å². The minimum Gasteiger partial charge on any atom is -0.357 e. The van der Waals surface area contributed by atoms with Gasteiger partial charge in [0.05, 0.1) is 6.54 Å². The molecule has 1 atom stereocenters. The second-order valence-electron chi connectivity index (χ2n) is 7.39. The summed E-state index contributed by atoms with van der Waals surface area (Å²) >= 11 is 0. The van der Waals surface area contributed by atoms with Crippen LogP contribution in [-0.2, 0) is 11.3 Å². The van der Waals surface area contributed by atoms with Gasteiger partial charge < -0.3 is 14.8 Å². The molecule has 4 rings (SSSR count). The predicted molar refractivity (Wildman–Crippen MR) is 110 cm³/mol. The van der Waals surface area contributed by atoms with Crippen LogP contribution in [0.2, 0.25) is 0 Å². The fourth-order valence-corrected chi connectivity index (χ4v) is 4.12. The number of likely N-dealkylation sites (tertiary alicyclic amines) is 1. The highest BCUT2D eigenvalue weighted by Gasteiger charge is 2.33. The zero-order valence-electron chi connectivity index (χ0n) is 16.4. The second kappa shape index (κ2) is 8.07. The Bertz CT molecular complexity index is 1060. The summed E-state index contributed by atoms with van der Waals surface area (Å²) in [5.41, 5.74) is 1.86. The fourth-order valence-electron chi connectivity index (χ4n) is 4.12. The normalized spacial score (nSPS) is 16.8. The third-order valence-electron chi connectivity index (χ3n) is 5.63. The Kier molecular flexibility index (Phi) is 5.34. The lowest BCUT2D eigenvalue weighted by atomic mass is 10.0. The fraction of sp³-hybridized carbons (Fsp3) is 0.304. The van der Waals surface area contributed by atoms with Crippen LogP contribution in [0.25, 0.3) is 10.9 Å². The molecular formula is C23H24FN3O2. The number of hydrogen-bond donors (Lipinski definition) is 1. The molecule has 1 fully saturated rings. The Morgan fingerprint density at radius 1 is 1.10 bits per heavy atom. The van der Waals surface area contributed by atoms with Gasteiger partial charge in [0.15, 0.2) is 0 Å². The highest BCUT2D eigenvalue weighted by atomic mass is 19.1. The first-order chi connectivity index (χ1) is 14.1. The molecule has 1 saturated heterocycles. The number of para-hydroxylation sites is 1. The SMILES string of the molecule is CNC(=O)C1CCCCN1C(=O)c1cc2ccccc2n1Cc1ccccc1F. The molecule has 0 radical (unpaired) electrons. The maximum Gasteiger partial charge on any atom is 0.271 e. The maximum absolute atomic E-state index is 14.3. The summed E-state index contributed by atoms with van der Waals surface area (Å²) in [5, 5.41) is 3.59. The van der Waals surface area contributed by atoms with Crippen LogP contribution in [0.3, 0.4) is 0 Å². The zero-order chi connectivity index (χ0) is 20.4. The van der Waals surface area contributed by atoms with Gasteiger partial charge >= 0.3 is 0 Å². The smallest absolute Gasteiger partial charge is 0.271 e. The number of benzene rings is 2. The van der Waals surface area contributed by atoms with Gasteiger partial charge in [-0.05, 0) is 37.5 Å². The first-order valence-electron chi connectivity index (χ1n) is 9.94. The summed E-state index contributed by atoms with van der Waals surface area (Å²) in [7, 11) is 1.59. The van der Waals surface area contributed by atoms with E-state index in [1.807, 2.05) is 34.9 Å². The first-order valence-corrected chi connectivity index (χ1v) is 9.94. The van der Waals surface area contributed by atoms with E-state index in [9.17, 15) is 14.0 Å². The Hall–Kier alpha value is -3.15. The number of aromatic nitrogens is 1. The van der Waals surface area contributed by atoms with Crippen molar-refractivity contribution in [3.8, 4) is 0 Å². The molecule has 0 saturated carbocycles. The molecule has 1 aromatic heterocycles. The van der Waals surface area contributed by atoms with Crippen LogP contribution in [-0.4, -0.2) is 40.9 Å². The van der Waals surface area contributed by atoms with Crippen molar-refractivity contribution < 1.29 is 14.0 Å². The quantitative estimate of drug-likeness (QED) is 0.737. The number of carbonyl (C=O) groups is 2. The van der Waals surface area contributed by atoms with Crippen LogP contribution in [0.4, 0.5) is 4.39 Å². The van der Waals surface area contributed by atoms with Crippen molar-refractivity contribution >= 4 is 22.7 Å². The summed E-state index contributed by atoms with van der Waals surface area (Å²) in [5.74, 6) is -0.634. The van der Waals surface area contributed by atoms with E-state index in [1.54, 1.807) is 30.1 Å². The lowest BCUT2D eigenvalue weighted by Gasteiger charge is -2.34. The van der Waals surface area contributed by atoms with Gasteiger partial charge in [0, 0.05) is 30.1 Å². The number of hydrogen-bond acceptors (Lipinski definition) is 2. The molecule has 0 spiro atoms.